The standard InChI is InChI=1S/C21H29ClN2O/c1-2-3-4-7-16-25-20-12-10-19(11-13-20)24-15-14-23-17-18-8-5-6-9-21(18)22/h5-6,8-13,23-24H,2-4,7,14-17H2,1H3. The quantitative estimate of drug-likeness (QED) is 0.490. The van der Waals surface area contributed by atoms with Crippen LogP contribution in [0.25, 0.3) is 0 Å². The van der Waals surface area contributed by atoms with Gasteiger partial charge in [0.1, 0.15) is 5.75 Å². The van der Waals surface area contributed by atoms with Crippen LogP contribution in [0.1, 0.15) is 38.2 Å². The van der Waals surface area contributed by atoms with Gasteiger partial charge in [0.25, 0.3) is 0 Å². The van der Waals surface area contributed by atoms with E-state index >= 15 is 0 Å². The van der Waals surface area contributed by atoms with Crippen LogP contribution in [0.5, 0.6) is 5.75 Å². The molecule has 0 spiro atoms. The fourth-order valence-corrected chi connectivity index (χ4v) is 2.75. The van der Waals surface area contributed by atoms with Crippen LogP contribution < -0.4 is 15.4 Å². The van der Waals surface area contributed by atoms with E-state index in [1.54, 1.807) is 0 Å². The number of ether oxygens (including phenoxy) is 1. The molecule has 25 heavy (non-hydrogen) atoms. The Labute approximate surface area is 156 Å². The number of anilines is 1. The lowest BCUT2D eigenvalue weighted by Crippen LogP contribution is -2.21. The molecular weight excluding hydrogens is 332 g/mol. The molecule has 0 atom stereocenters. The van der Waals surface area contributed by atoms with Gasteiger partial charge in [-0.15, -0.1) is 0 Å². The van der Waals surface area contributed by atoms with Crippen molar-refractivity contribution in [3.8, 4) is 5.75 Å². The molecule has 0 saturated heterocycles. The first-order valence-electron chi connectivity index (χ1n) is 9.20. The summed E-state index contributed by atoms with van der Waals surface area (Å²) in [6.45, 7) is 5.55. The Balaban J connectivity index is 1.59. The fourth-order valence-electron chi connectivity index (χ4n) is 2.55. The average Bonchev–Trinajstić information content (AvgIpc) is 2.64. The second-order valence-corrected chi connectivity index (χ2v) is 6.54. The van der Waals surface area contributed by atoms with E-state index < -0.39 is 0 Å². The zero-order valence-corrected chi connectivity index (χ0v) is 15.8. The summed E-state index contributed by atoms with van der Waals surface area (Å²) < 4.78 is 5.76. The summed E-state index contributed by atoms with van der Waals surface area (Å²) in [5.41, 5.74) is 2.24. The monoisotopic (exact) mass is 360 g/mol. The summed E-state index contributed by atoms with van der Waals surface area (Å²) in [6, 6.07) is 16.1. The van der Waals surface area contributed by atoms with Crippen molar-refractivity contribution in [1.82, 2.24) is 5.32 Å². The number of nitrogens with one attached hydrogen (secondary N) is 2. The van der Waals surface area contributed by atoms with E-state index in [1.165, 1.54) is 19.3 Å². The predicted octanol–water partition coefficient (Wildman–Crippen LogP) is 5.50. The van der Waals surface area contributed by atoms with E-state index in [1.807, 2.05) is 36.4 Å². The molecule has 2 rings (SSSR count). The first-order valence-corrected chi connectivity index (χ1v) is 9.58. The molecule has 0 radical (unpaired) electrons. The van der Waals surface area contributed by atoms with Gasteiger partial charge in [0.2, 0.25) is 0 Å². The molecule has 136 valence electrons. The van der Waals surface area contributed by atoms with Crippen molar-refractivity contribution in [1.29, 1.82) is 0 Å². The summed E-state index contributed by atoms with van der Waals surface area (Å²) in [4.78, 5) is 0. The Bertz CT molecular complexity index is 601. The number of halogens is 1. The van der Waals surface area contributed by atoms with E-state index in [-0.39, 0.29) is 0 Å². The van der Waals surface area contributed by atoms with E-state index in [2.05, 4.69) is 29.7 Å². The number of hydrogen-bond donors (Lipinski definition) is 2. The highest BCUT2D eigenvalue weighted by Gasteiger charge is 1.98. The van der Waals surface area contributed by atoms with Gasteiger partial charge in [-0.1, -0.05) is 56.0 Å². The summed E-state index contributed by atoms with van der Waals surface area (Å²) in [6.07, 6.45) is 4.92. The SMILES string of the molecule is CCCCCCOc1ccc(NCCNCc2ccccc2Cl)cc1. The Morgan fingerprint density at radius 2 is 1.72 bits per heavy atom. The highest BCUT2D eigenvalue weighted by Crippen LogP contribution is 2.16. The van der Waals surface area contributed by atoms with Crippen LogP contribution >= 0.6 is 11.6 Å². The molecule has 0 aliphatic heterocycles. The molecule has 0 aliphatic carbocycles. The largest absolute Gasteiger partial charge is 0.494 e. The Morgan fingerprint density at radius 3 is 2.48 bits per heavy atom. The van der Waals surface area contributed by atoms with Gasteiger partial charge in [-0.3, -0.25) is 0 Å². The molecule has 2 aromatic carbocycles. The van der Waals surface area contributed by atoms with Gasteiger partial charge in [0.15, 0.2) is 0 Å². The van der Waals surface area contributed by atoms with Crippen LogP contribution in [0.15, 0.2) is 48.5 Å². The number of unbranched alkanes of at least 4 members (excludes halogenated alkanes) is 3. The van der Waals surface area contributed by atoms with Gasteiger partial charge in [0.05, 0.1) is 6.61 Å². The second kappa shape index (κ2) is 11.8. The number of benzene rings is 2. The van der Waals surface area contributed by atoms with Gasteiger partial charge in [0, 0.05) is 30.3 Å². The molecule has 4 heteroatoms. The molecule has 0 heterocycles. The van der Waals surface area contributed by atoms with Crippen molar-refractivity contribution in [2.45, 2.75) is 39.2 Å². The van der Waals surface area contributed by atoms with E-state index in [9.17, 15) is 0 Å². The van der Waals surface area contributed by atoms with Gasteiger partial charge in [-0.05, 0) is 42.3 Å². The number of hydrogen-bond acceptors (Lipinski definition) is 3. The first-order chi connectivity index (χ1) is 12.3. The van der Waals surface area contributed by atoms with Gasteiger partial charge >= 0.3 is 0 Å². The van der Waals surface area contributed by atoms with Crippen LogP contribution in [0, 0.1) is 0 Å². The lowest BCUT2D eigenvalue weighted by Gasteiger charge is -2.10. The van der Waals surface area contributed by atoms with Crippen molar-refractivity contribution in [2.24, 2.45) is 0 Å². The highest BCUT2D eigenvalue weighted by atomic mass is 35.5. The lowest BCUT2D eigenvalue weighted by atomic mass is 10.2. The average molecular weight is 361 g/mol. The molecular formula is C21H29ClN2O. The Kier molecular flexibility index (Phi) is 9.24. The van der Waals surface area contributed by atoms with E-state index in [4.69, 9.17) is 16.3 Å². The summed E-state index contributed by atoms with van der Waals surface area (Å²) in [5, 5.41) is 7.62. The van der Waals surface area contributed by atoms with Crippen molar-refractivity contribution >= 4 is 17.3 Å². The maximum Gasteiger partial charge on any atom is 0.119 e. The van der Waals surface area contributed by atoms with Crippen LogP contribution in [0.4, 0.5) is 5.69 Å². The zero-order chi connectivity index (χ0) is 17.7. The van der Waals surface area contributed by atoms with Crippen LogP contribution in [-0.2, 0) is 6.54 Å². The lowest BCUT2D eigenvalue weighted by molar-refractivity contribution is 0.305. The number of rotatable bonds is 12. The third kappa shape index (κ3) is 7.80. The molecule has 0 aromatic heterocycles. The third-order valence-corrected chi connectivity index (χ3v) is 4.39. The first kappa shape index (κ1) is 19.6. The molecule has 3 nitrogen and oxygen atoms in total. The molecule has 0 amide bonds. The molecule has 0 fully saturated rings. The minimum atomic E-state index is 0.784. The Hall–Kier alpha value is -1.71. The maximum absolute atomic E-state index is 6.14. The molecule has 0 aliphatic rings. The van der Waals surface area contributed by atoms with Gasteiger partial charge in [-0.25, -0.2) is 0 Å². The molecule has 2 aromatic rings. The van der Waals surface area contributed by atoms with Crippen molar-refractivity contribution < 1.29 is 4.74 Å². The van der Waals surface area contributed by atoms with Crippen LogP contribution in [0.2, 0.25) is 5.02 Å². The van der Waals surface area contributed by atoms with Gasteiger partial charge < -0.3 is 15.4 Å². The topological polar surface area (TPSA) is 33.3 Å². The van der Waals surface area contributed by atoms with Crippen molar-refractivity contribution in [3.63, 3.8) is 0 Å². The third-order valence-electron chi connectivity index (χ3n) is 4.03. The zero-order valence-electron chi connectivity index (χ0n) is 15.1. The molecule has 2 N–H and O–H groups in total. The van der Waals surface area contributed by atoms with E-state index in [0.717, 1.165) is 54.7 Å². The molecule has 0 unspecified atom stereocenters. The molecule has 0 bridgehead atoms. The van der Waals surface area contributed by atoms with Crippen LogP contribution in [-0.4, -0.2) is 19.7 Å². The predicted molar refractivity (Wildman–Crippen MR) is 108 cm³/mol. The summed E-state index contributed by atoms with van der Waals surface area (Å²) in [7, 11) is 0. The van der Waals surface area contributed by atoms with Gasteiger partial charge in [-0.2, -0.15) is 0 Å². The summed E-state index contributed by atoms with van der Waals surface area (Å²) in [5.74, 6) is 0.943. The minimum absolute atomic E-state index is 0.784. The minimum Gasteiger partial charge on any atom is -0.494 e. The fraction of sp³-hybridized carbons (Fsp3) is 0.429. The second-order valence-electron chi connectivity index (χ2n) is 6.13. The molecule has 0 saturated carbocycles. The highest BCUT2D eigenvalue weighted by molar-refractivity contribution is 6.31. The maximum atomic E-state index is 6.14. The van der Waals surface area contributed by atoms with E-state index in [0.29, 0.717) is 0 Å². The van der Waals surface area contributed by atoms with Crippen molar-refractivity contribution in [2.75, 3.05) is 25.0 Å². The summed E-state index contributed by atoms with van der Waals surface area (Å²) >= 11 is 6.14. The Morgan fingerprint density at radius 1 is 0.920 bits per heavy atom. The van der Waals surface area contributed by atoms with Crippen LogP contribution in [0.3, 0.4) is 0 Å². The van der Waals surface area contributed by atoms with Crippen molar-refractivity contribution in [3.05, 3.63) is 59.1 Å². The normalized spacial score (nSPS) is 10.6. The smallest absolute Gasteiger partial charge is 0.119 e.